The van der Waals surface area contributed by atoms with Crippen LogP contribution in [0.5, 0.6) is 0 Å². The summed E-state index contributed by atoms with van der Waals surface area (Å²) in [5.74, 6) is -0.461. The van der Waals surface area contributed by atoms with Gasteiger partial charge in [0, 0.05) is 6.54 Å². The van der Waals surface area contributed by atoms with E-state index in [0.29, 0.717) is 12.2 Å². The third-order valence-corrected chi connectivity index (χ3v) is 2.52. The van der Waals surface area contributed by atoms with E-state index in [1.165, 1.54) is 4.68 Å². The van der Waals surface area contributed by atoms with Gasteiger partial charge in [-0.2, -0.15) is 0 Å². The third-order valence-electron chi connectivity index (χ3n) is 2.52. The second kappa shape index (κ2) is 5.79. The molecule has 8 nitrogen and oxygen atoms in total. The Bertz CT molecular complexity index is 462. The Morgan fingerprint density at radius 1 is 1.53 bits per heavy atom. The molecule has 0 aliphatic heterocycles. The number of rotatable bonds is 4. The summed E-state index contributed by atoms with van der Waals surface area (Å²) in [6.07, 6.45) is 1.60. The predicted molar refractivity (Wildman–Crippen MR) is 69.2 cm³/mol. The highest BCUT2D eigenvalue weighted by Crippen LogP contribution is 2.14. The minimum Gasteiger partial charge on any atom is -0.338 e. The van der Waals surface area contributed by atoms with Crippen molar-refractivity contribution in [3.8, 4) is 0 Å². The summed E-state index contributed by atoms with van der Waals surface area (Å²) in [5.41, 5.74) is 5.83. The van der Waals surface area contributed by atoms with Crippen molar-refractivity contribution in [1.29, 1.82) is 0 Å². The zero-order valence-electron chi connectivity index (χ0n) is 11.6. The van der Waals surface area contributed by atoms with Gasteiger partial charge >= 0.3 is 6.03 Å². The molecule has 3 amide bonds. The molecule has 0 aromatic carbocycles. The van der Waals surface area contributed by atoms with E-state index >= 15 is 0 Å². The number of amides is 3. The maximum atomic E-state index is 11.8. The molecule has 1 atom stereocenters. The minimum absolute atomic E-state index is 0.447. The van der Waals surface area contributed by atoms with Crippen molar-refractivity contribution in [2.45, 2.75) is 39.3 Å². The van der Waals surface area contributed by atoms with E-state index in [2.05, 4.69) is 20.9 Å². The van der Waals surface area contributed by atoms with Gasteiger partial charge in [0.2, 0.25) is 0 Å². The lowest BCUT2D eigenvalue weighted by Gasteiger charge is -2.14. The number of urea groups is 1. The predicted octanol–water partition coefficient (Wildman–Crippen LogP) is -0.121. The standard InChI is InChI=1S/C11H20N6O2/c1-5-13-10(19)14-9(18)7(2)17-6-8(15-16-17)11(3,4)12/h6-7H,5,12H2,1-4H3,(H2,13,14,18,19). The molecule has 0 saturated carbocycles. The van der Waals surface area contributed by atoms with Crippen LogP contribution in [-0.2, 0) is 10.3 Å². The van der Waals surface area contributed by atoms with E-state index in [1.54, 1.807) is 33.9 Å². The van der Waals surface area contributed by atoms with Crippen molar-refractivity contribution < 1.29 is 9.59 Å². The Kier molecular flexibility index (Phi) is 4.60. The first-order valence-electron chi connectivity index (χ1n) is 6.05. The van der Waals surface area contributed by atoms with E-state index in [-0.39, 0.29) is 0 Å². The van der Waals surface area contributed by atoms with Crippen LogP contribution in [0.4, 0.5) is 4.79 Å². The van der Waals surface area contributed by atoms with Crippen LogP contribution in [0.25, 0.3) is 0 Å². The van der Waals surface area contributed by atoms with Crippen LogP contribution in [0.2, 0.25) is 0 Å². The summed E-state index contributed by atoms with van der Waals surface area (Å²) in [6, 6.07) is -1.18. The van der Waals surface area contributed by atoms with Crippen LogP contribution in [0, 0.1) is 0 Å². The van der Waals surface area contributed by atoms with Gasteiger partial charge in [-0.05, 0) is 27.7 Å². The summed E-state index contributed by atoms with van der Waals surface area (Å²) in [5, 5.41) is 12.5. The van der Waals surface area contributed by atoms with Crippen LogP contribution >= 0.6 is 0 Å². The van der Waals surface area contributed by atoms with Gasteiger partial charge in [0.05, 0.1) is 11.7 Å². The average Bonchev–Trinajstić information content (AvgIpc) is 2.76. The van der Waals surface area contributed by atoms with Gasteiger partial charge in [-0.3, -0.25) is 10.1 Å². The van der Waals surface area contributed by atoms with E-state index < -0.39 is 23.5 Å². The molecule has 1 rings (SSSR count). The molecule has 1 unspecified atom stereocenters. The molecule has 4 N–H and O–H groups in total. The van der Waals surface area contributed by atoms with Gasteiger partial charge in [0.25, 0.3) is 5.91 Å². The number of carbonyl (C=O) groups excluding carboxylic acids is 2. The number of carbonyl (C=O) groups is 2. The maximum absolute atomic E-state index is 11.8. The van der Waals surface area contributed by atoms with Crippen molar-refractivity contribution >= 4 is 11.9 Å². The van der Waals surface area contributed by atoms with E-state index in [1.807, 2.05) is 0 Å². The van der Waals surface area contributed by atoms with Gasteiger partial charge < -0.3 is 11.1 Å². The maximum Gasteiger partial charge on any atom is 0.321 e. The lowest BCUT2D eigenvalue weighted by Crippen LogP contribution is -2.42. The van der Waals surface area contributed by atoms with Crippen LogP contribution in [0.1, 0.15) is 39.4 Å². The highest BCUT2D eigenvalue weighted by atomic mass is 16.2. The summed E-state index contributed by atoms with van der Waals surface area (Å²) in [7, 11) is 0. The fourth-order valence-electron chi connectivity index (χ4n) is 1.30. The smallest absolute Gasteiger partial charge is 0.321 e. The van der Waals surface area contributed by atoms with Gasteiger partial charge in [-0.1, -0.05) is 5.21 Å². The number of nitrogens with zero attached hydrogens (tertiary/aromatic N) is 3. The number of hydrogen-bond donors (Lipinski definition) is 3. The molecule has 8 heteroatoms. The lowest BCUT2D eigenvalue weighted by atomic mass is 10.0. The van der Waals surface area contributed by atoms with E-state index in [4.69, 9.17) is 5.73 Å². The second-order valence-corrected chi connectivity index (χ2v) is 4.83. The summed E-state index contributed by atoms with van der Waals surface area (Å²) in [4.78, 5) is 23.0. The molecule has 0 aliphatic carbocycles. The molecular weight excluding hydrogens is 248 g/mol. The summed E-state index contributed by atoms with van der Waals surface area (Å²) in [6.45, 7) is 7.42. The Labute approximate surface area is 111 Å². The molecule has 1 aromatic heterocycles. The van der Waals surface area contributed by atoms with Crippen molar-refractivity contribution in [3.63, 3.8) is 0 Å². The Hall–Kier alpha value is -1.96. The van der Waals surface area contributed by atoms with Crippen molar-refractivity contribution in [2.24, 2.45) is 5.73 Å². The van der Waals surface area contributed by atoms with Gasteiger partial charge in [0.1, 0.15) is 11.7 Å². The van der Waals surface area contributed by atoms with Crippen molar-refractivity contribution in [1.82, 2.24) is 25.6 Å². The molecule has 0 radical (unpaired) electrons. The highest BCUT2D eigenvalue weighted by molar-refractivity contribution is 5.95. The second-order valence-electron chi connectivity index (χ2n) is 4.83. The SMILES string of the molecule is CCNC(=O)NC(=O)C(C)n1cc(C(C)(C)N)nn1. The third kappa shape index (κ3) is 4.02. The van der Waals surface area contributed by atoms with Gasteiger partial charge in [-0.25, -0.2) is 9.48 Å². The van der Waals surface area contributed by atoms with Crippen LogP contribution < -0.4 is 16.4 Å². The van der Waals surface area contributed by atoms with Crippen molar-refractivity contribution in [3.05, 3.63) is 11.9 Å². The quantitative estimate of drug-likeness (QED) is 0.704. The first kappa shape index (κ1) is 15.1. The molecule has 106 valence electrons. The monoisotopic (exact) mass is 268 g/mol. The first-order valence-corrected chi connectivity index (χ1v) is 6.05. The number of nitrogens with one attached hydrogen (secondary N) is 2. The van der Waals surface area contributed by atoms with Crippen molar-refractivity contribution in [2.75, 3.05) is 6.54 Å². The number of nitrogens with two attached hydrogens (primary N) is 1. The minimum atomic E-state index is -0.647. The summed E-state index contributed by atoms with van der Waals surface area (Å²) < 4.78 is 1.37. The summed E-state index contributed by atoms with van der Waals surface area (Å²) >= 11 is 0. The zero-order chi connectivity index (χ0) is 14.6. The molecule has 1 aromatic rings. The molecule has 0 fully saturated rings. The first-order chi connectivity index (χ1) is 8.75. The van der Waals surface area contributed by atoms with E-state index in [0.717, 1.165) is 0 Å². The lowest BCUT2D eigenvalue weighted by molar-refractivity contribution is -0.123. The van der Waals surface area contributed by atoms with Gasteiger partial charge in [0.15, 0.2) is 0 Å². The molecule has 19 heavy (non-hydrogen) atoms. The largest absolute Gasteiger partial charge is 0.338 e. The highest BCUT2D eigenvalue weighted by Gasteiger charge is 2.23. The Balaban J connectivity index is 2.72. The number of hydrogen-bond acceptors (Lipinski definition) is 5. The van der Waals surface area contributed by atoms with E-state index in [9.17, 15) is 9.59 Å². The number of imide groups is 1. The average molecular weight is 268 g/mol. The molecular formula is C11H20N6O2. The zero-order valence-corrected chi connectivity index (χ0v) is 11.6. The molecule has 0 saturated heterocycles. The fraction of sp³-hybridized carbons (Fsp3) is 0.636. The van der Waals surface area contributed by atoms with Crippen LogP contribution in [0.3, 0.4) is 0 Å². The molecule has 1 heterocycles. The Morgan fingerprint density at radius 2 is 2.16 bits per heavy atom. The molecule has 0 aliphatic rings. The molecule has 0 bridgehead atoms. The fourth-order valence-corrected chi connectivity index (χ4v) is 1.30. The Morgan fingerprint density at radius 3 is 2.63 bits per heavy atom. The van der Waals surface area contributed by atoms with Gasteiger partial charge in [-0.15, -0.1) is 5.10 Å². The van der Waals surface area contributed by atoms with Crippen LogP contribution in [-0.4, -0.2) is 33.5 Å². The number of aromatic nitrogens is 3. The molecule has 0 spiro atoms. The van der Waals surface area contributed by atoms with Crippen LogP contribution in [0.15, 0.2) is 6.20 Å². The normalized spacial score (nSPS) is 12.9. The topological polar surface area (TPSA) is 115 Å².